The van der Waals surface area contributed by atoms with Crippen LogP contribution in [0.3, 0.4) is 0 Å². The predicted octanol–water partition coefficient (Wildman–Crippen LogP) is 4.55. The van der Waals surface area contributed by atoms with Crippen LogP contribution in [0.1, 0.15) is 22.8 Å². The lowest BCUT2D eigenvalue weighted by Gasteiger charge is -2.14. The van der Waals surface area contributed by atoms with Gasteiger partial charge in [-0.3, -0.25) is 4.79 Å². The molecule has 0 radical (unpaired) electrons. The third-order valence-electron chi connectivity index (χ3n) is 3.41. The summed E-state index contributed by atoms with van der Waals surface area (Å²) in [7, 11) is 1.32. The monoisotopic (exact) mass is 363 g/mol. The molecule has 0 saturated carbocycles. The van der Waals surface area contributed by atoms with E-state index in [4.69, 9.17) is 16.3 Å². The van der Waals surface area contributed by atoms with Gasteiger partial charge in [0.05, 0.1) is 17.9 Å². The summed E-state index contributed by atoms with van der Waals surface area (Å²) < 4.78 is 4.71. The molecule has 0 aliphatic carbocycles. The standard InChI is InChI=1S/C18H18ClNO3S/c1-11-4-5-13(18(22)23-3)10-16(11)20-17(21)12(2)24-15-8-6-14(19)7-9-15/h4-10,12H,1-3H3,(H,20,21). The van der Waals surface area contributed by atoms with Gasteiger partial charge in [0.2, 0.25) is 5.91 Å². The zero-order valence-corrected chi connectivity index (χ0v) is 15.2. The van der Waals surface area contributed by atoms with Gasteiger partial charge in [-0.05, 0) is 55.8 Å². The largest absolute Gasteiger partial charge is 0.465 e. The van der Waals surface area contributed by atoms with E-state index in [9.17, 15) is 9.59 Å². The van der Waals surface area contributed by atoms with Crippen molar-refractivity contribution in [3.05, 3.63) is 58.6 Å². The van der Waals surface area contributed by atoms with Gasteiger partial charge < -0.3 is 10.1 Å². The number of esters is 1. The summed E-state index contributed by atoms with van der Waals surface area (Å²) in [6.45, 7) is 3.70. The molecule has 1 atom stereocenters. The van der Waals surface area contributed by atoms with Gasteiger partial charge in [0.1, 0.15) is 0 Å². The summed E-state index contributed by atoms with van der Waals surface area (Å²) in [6, 6.07) is 12.4. The molecule has 6 heteroatoms. The second-order valence-electron chi connectivity index (χ2n) is 5.22. The van der Waals surface area contributed by atoms with E-state index >= 15 is 0 Å². The predicted molar refractivity (Wildman–Crippen MR) is 97.9 cm³/mol. The summed E-state index contributed by atoms with van der Waals surface area (Å²) in [5.41, 5.74) is 1.88. The van der Waals surface area contributed by atoms with Crippen molar-refractivity contribution >= 4 is 40.9 Å². The van der Waals surface area contributed by atoms with Crippen LogP contribution in [0.2, 0.25) is 5.02 Å². The van der Waals surface area contributed by atoms with Crippen molar-refractivity contribution in [1.29, 1.82) is 0 Å². The molecule has 0 fully saturated rings. The van der Waals surface area contributed by atoms with Crippen LogP contribution in [0.5, 0.6) is 0 Å². The summed E-state index contributed by atoms with van der Waals surface area (Å²) in [4.78, 5) is 25.0. The van der Waals surface area contributed by atoms with Crippen molar-refractivity contribution < 1.29 is 14.3 Å². The van der Waals surface area contributed by atoms with Crippen LogP contribution >= 0.6 is 23.4 Å². The number of thioether (sulfide) groups is 1. The van der Waals surface area contributed by atoms with Crippen molar-refractivity contribution in [3.8, 4) is 0 Å². The maximum atomic E-state index is 12.4. The molecule has 0 spiro atoms. The number of aryl methyl sites for hydroxylation is 1. The Labute approximate surface area is 150 Å². The maximum absolute atomic E-state index is 12.4. The Kier molecular flexibility index (Phi) is 6.29. The van der Waals surface area contributed by atoms with Crippen LogP contribution in [0.15, 0.2) is 47.4 Å². The van der Waals surface area contributed by atoms with Crippen molar-refractivity contribution in [3.63, 3.8) is 0 Å². The highest BCUT2D eigenvalue weighted by Gasteiger charge is 2.16. The molecule has 24 heavy (non-hydrogen) atoms. The first-order valence-electron chi connectivity index (χ1n) is 7.32. The van der Waals surface area contributed by atoms with Crippen molar-refractivity contribution in [2.45, 2.75) is 24.0 Å². The van der Waals surface area contributed by atoms with E-state index in [1.165, 1.54) is 18.9 Å². The Morgan fingerprint density at radius 2 is 1.83 bits per heavy atom. The van der Waals surface area contributed by atoms with Gasteiger partial charge in [-0.25, -0.2) is 4.79 Å². The minimum absolute atomic E-state index is 0.139. The molecule has 2 rings (SSSR count). The molecule has 1 amide bonds. The number of hydrogen-bond acceptors (Lipinski definition) is 4. The summed E-state index contributed by atoms with van der Waals surface area (Å²) >= 11 is 7.30. The lowest BCUT2D eigenvalue weighted by atomic mass is 10.1. The number of ether oxygens (including phenoxy) is 1. The van der Waals surface area contributed by atoms with Gasteiger partial charge >= 0.3 is 5.97 Å². The van der Waals surface area contributed by atoms with Crippen molar-refractivity contribution in [1.82, 2.24) is 0 Å². The van der Waals surface area contributed by atoms with Crippen molar-refractivity contribution in [2.75, 3.05) is 12.4 Å². The molecule has 126 valence electrons. The molecule has 1 unspecified atom stereocenters. The molecule has 0 heterocycles. The van der Waals surface area contributed by atoms with E-state index in [1.54, 1.807) is 30.3 Å². The van der Waals surface area contributed by atoms with Gasteiger partial charge in [0, 0.05) is 15.6 Å². The first-order chi connectivity index (χ1) is 11.4. The molecule has 0 aliphatic rings. The molecule has 0 aliphatic heterocycles. The first kappa shape index (κ1) is 18.4. The van der Waals surface area contributed by atoms with E-state index in [1.807, 2.05) is 26.0 Å². The molecule has 4 nitrogen and oxygen atoms in total. The number of nitrogens with one attached hydrogen (secondary N) is 1. The van der Waals surface area contributed by atoms with Crippen LogP contribution in [-0.4, -0.2) is 24.2 Å². The SMILES string of the molecule is COC(=O)c1ccc(C)c(NC(=O)C(C)Sc2ccc(Cl)cc2)c1. The fourth-order valence-corrected chi connectivity index (χ4v) is 3.00. The van der Waals surface area contributed by atoms with E-state index in [0.717, 1.165) is 10.5 Å². The third kappa shape index (κ3) is 4.76. The average molecular weight is 364 g/mol. The number of benzene rings is 2. The molecule has 0 bridgehead atoms. The number of hydrogen-bond donors (Lipinski definition) is 1. The average Bonchev–Trinajstić information content (AvgIpc) is 2.58. The number of amides is 1. The minimum Gasteiger partial charge on any atom is -0.465 e. The zero-order chi connectivity index (χ0) is 17.7. The summed E-state index contributed by atoms with van der Waals surface area (Å²) in [5, 5.41) is 3.23. The van der Waals surface area contributed by atoms with E-state index in [2.05, 4.69) is 5.32 Å². The Balaban J connectivity index is 2.08. The molecule has 1 N–H and O–H groups in total. The fraction of sp³-hybridized carbons (Fsp3) is 0.222. The molecular formula is C18H18ClNO3S. The zero-order valence-electron chi connectivity index (χ0n) is 13.6. The summed E-state index contributed by atoms with van der Waals surface area (Å²) in [5.74, 6) is -0.575. The highest BCUT2D eigenvalue weighted by atomic mass is 35.5. The second-order valence-corrected chi connectivity index (χ2v) is 7.08. The Hall–Kier alpha value is -1.98. The Morgan fingerprint density at radius 1 is 1.17 bits per heavy atom. The van der Waals surface area contributed by atoms with Crippen LogP contribution in [0.4, 0.5) is 5.69 Å². The maximum Gasteiger partial charge on any atom is 0.337 e. The number of rotatable bonds is 5. The number of carbonyl (C=O) groups is 2. The van der Waals surface area contributed by atoms with Crippen LogP contribution < -0.4 is 5.32 Å². The number of halogens is 1. The Bertz CT molecular complexity index is 746. The lowest BCUT2D eigenvalue weighted by Crippen LogP contribution is -2.23. The van der Waals surface area contributed by atoms with Gasteiger partial charge in [-0.1, -0.05) is 17.7 Å². The highest BCUT2D eigenvalue weighted by molar-refractivity contribution is 8.00. The van der Waals surface area contributed by atoms with Crippen molar-refractivity contribution in [2.24, 2.45) is 0 Å². The van der Waals surface area contributed by atoms with E-state index in [-0.39, 0.29) is 11.2 Å². The van der Waals surface area contributed by atoms with Crippen LogP contribution in [-0.2, 0) is 9.53 Å². The minimum atomic E-state index is -0.436. The fourth-order valence-electron chi connectivity index (χ4n) is 2.01. The normalized spacial score (nSPS) is 11.7. The molecule has 2 aromatic carbocycles. The Morgan fingerprint density at radius 3 is 2.46 bits per heavy atom. The third-order valence-corrected chi connectivity index (χ3v) is 4.78. The molecular weight excluding hydrogens is 346 g/mol. The highest BCUT2D eigenvalue weighted by Crippen LogP contribution is 2.26. The smallest absolute Gasteiger partial charge is 0.337 e. The van der Waals surface area contributed by atoms with Gasteiger partial charge in [0.25, 0.3) is 0 Å². The first-order valence-corrected chi connectivity index (χ1v) is 8.58. The topological polar surface area (TPSA) is 55.4 Å². The van der Waals surface area contributed by atoms with E-state index < -0.39 is 5.97 Å². The van der Waals surface area contributed by atoms with Gasteiger partial charge in [-0.2, -0.15) is 0 Å². The van der Waals surface area contributed by atoms with Gasteiger partial charge in [-0.15, -0.1) is 11.8 Å². The number of anilines is 1. The van der Waals surface area contributed by atoms with Crippen LogP contribution in [0.25, 0.3) is 0 Å². The van der Waals surface area contributed by atoms with Crippen LogP contribution in [0, 0.1) is 6.92 Å². The number of carbonyl (C=O) groups excluding carboxylic acids is 2. The number of methoxy groups -OCH3 is 1. The van der Waals surface area contributed by atoms with E-state index in [0.29, 0.717) is 16.3 Å². The molecule has 0 saturated heterocycles. The lowest BCUT2D eigenvalue weighted by molar-refractivity contribution is -0.115. The molecule has 0 aromatic heterocycles. The quantitative estimate of drug-likeness (QED) is 0.625. The second kappa shape index (κ2) is 8.22. The summed E-state index contributed by atoms with van der Waals surface area (Å²) in [6.07, 6.45) is 0. The molecule has 2 aromatic rings. The van der Waals surface area contributed by atoms with Gasteiger partial charge in [0.15, 0.2) is 0 Å².